The Hall–Kier alpha value is -1.40. The van der Waals surface area contributed by atoms with Crippen molar-refractivity contribution in [1.82, 2.24) is 10.0 Å². The zero-order chi connectivity index (χ0) is 16.8. The van der Waals surface area contributed by atoms with E-state index in [0.29, 0.717) is 5.56 Å². The molecule has 6 heteroatoms. The van der Waals surface area contributed by atoms with Gasteiger partial charge in [0, 0.05) is 17.6 Å². The third-order valence-electron chi connectivity index (χ3n) is 3.72. The second kappa shape index (κ2) is 8.29. The minimum Gasteiger partial charge on any atom is -0.349 e. The molecular weight excluding hydrogens is 300 g/mol. The lowest BCUT2D eigenvalue weighted by molar-refractivity contribution is 0.0934. The predicted octanol–water partition coefficient (Wildman–Crippen LogP) is 2.68. The van der Waals surface area contributed by atoms with Gasteiger partial charge in [-0.3, -0.25) is 4.79 Å². The summed E-state index contributed by atoms with van der Waals surface area (Å²) in [5.41, 5.74) is 0.467. The van der Waals surface area contributed by atoms with E-state index in [9.17, 15) is 13.2 Å². The quantitative estimate of drug-likeness (QED) is 0.771. The van der Waals surface area contributed by atoms with Crippen LogP contribution in [-0.2, 0) is 10.0 Å². The summed E-state index contributed by atoms with van der Waals surface area (Å²) in [5.74, 6) is -0.174. The van der Waals surface area contributed by atoms with Gasteiger partial charge in [-0.2, -0.15) is 0 Å². The van der Waals surface area contributed by atoms with E-state index in [2.05, 4.69) is 10.0 Å². The van der Waals surface area contributed by atoms with Crippen LogP contribution < -0.4 is 10.0 Å². The smallest absolute Gasteiger partial charge is 0.251 e. The Balaban J connectivity index is 2.84. The van der Waals surface area contributed by atoms with Crippen molar-refractivity contribution in [3.05, 3.63) is 29.8 Å². The molecule has 1 amide bonds. The van der Waals surface area contributed by atoms with Gasteiger partial charge in [0.15, 0.2) is 0 Å². The van der Waals surface area contributed by atoms with Gasteiger partial charge in [0.05, 0.1) is 4.90 Å². The molecule has 1 unspecified atom stereocenters. The molecule has 0 radical (unpaired) electrons. The molecule has 1 atom stereocenters. The second-order valence-corrected chi connectivity index (χ2v) is 7.16. The molecule has 0 aliphatic rings. The molecule has 5 nitrogen and oxygen atoms in total. The maximum absolute atomic E-state index is 12.1. The van der Waals surface area contributed by atoms with Crippen LogP contribution in [0.15, 0.2) is 29.2 Å². The van der Waals surface area contributed by atoms with Crippen LogP contribution in [0.5, 0.6) is 0 Å². The molecule has 0 aliphatic heterocycles. The largest absolute Gasteiger partial charge is 0.349 e. The van der Waals surface area contributed by atoms with E-state index in [0.717, 1.165) is 19.3 Å². The van der Waals surface area contributed by atoms with Gasteiger partial charge in [0.25, 0.3) is 5.91 Å². The fraction of sp³-hybridized carbons (Fsp3) is 0.562. The van der Waals surface area contributed by atoms with Crippen LogP contribution in [0.1, 0.15) is 57.3 Å². The van der Waals surface area contributed by atoms with Gasteiger partial charge in [0.2, 0.25) is 10.0 Å². The summed E-state index contributed by atoms with van der Waals surface area (Å²) in [5, 5.41) is 2.93. The van der Waals surface area contributed by atoms with Crippen molar-refractivity contribution in [2.24, 2.45) is 0 Å². The highest BCUT2D eigenvalue weighted by atomic mass is 32.2. The fourth-order valence-electron chi connectivity index (χ4n) is 1.96. The summed E-state index contributed by atoms with van der Waals surface area (Å²) in [6, 6.07) is 6.04. The first-order valence-corrected chi connectivity index (χ1v) is 9.25. The van der Waals surface area contributed by atoms with Gasteiger partial charge < -0.3 is 5.32 Å². The minimum absolute atomic E-state index is 0.122. The Bertz CT molecular complexity index is 578. The standard InChI is InChI=1S/C16H26N2O3S/c1-5-12(4)18-22(20,21)15-10-8-13(9-11-15)16(19)17-14(6-2)7-3/h8-12,14,18H,5-7H2,1-4H3,(H,17,19). The summed E-state index contributed by atoms with van der Waals surface area (Å²) in [7, 11) is -3.53. The zero-order valence-corrected chi connectivity index (χ0v) is 14.5. The lowest BCUT2D eigenvalue weighted by Crippen LogP contribution is -2.34. The Labute approximate surface area is 133 Å². The first-order valence-electron chi connectivity index (χ1n) is 7.77. The zero-order valence-electron chi connectivity index (χ0n) is 13.7. The van der Waals surface area contributed by atoms with Gasteiger partial charge in [-0.25, -0.2) is 13.1 Å². The Morgan fingerprint density at radius 1 is 1.05 bits per heavy atom. The molecule has 0 bridgehead atoms. The molecule has 0 aliphatic carbocycles. The van der Waals surface area contributed by atoms with Gasteiger partial charge in [-0.1, -0.05) is 20.8 Å². The van der Waals surface area contributed by atoms with Crippen LogP contribution in [0, 0.1) is 0 Å². The summed E-state index contributed by atoms with van der Waals surface area (Å²) in [6.45, 7) is 7.77. The van der Waals surface area contributed by atoms with Crippen molar-refractivity contribution in [2.75, 3.05) is 0 Å². The first-order chi connectivity index (χ1) is 10.3. The lowest BCUT2D eigenvalue weighted by Gasteiger charge is -2.15. The van der Waals surface area contributed by atoms with Gasteiger partial charge in [-0.15, -0.1) is 0 Å². The van der Waals surface area contributed by atoms with E-state index >= 15 is 0 Å². The molecule has 2 N–H and O–H groups in total. The number of carbonyl (C=O) groups is 1. The summed E-state index contributed by atoms with van der Waals surface area (Å²) >= 11 is 0. The monoisotopic (exact) mass is 326 g/mol. The van der Waals surface area contributed by atoms with E-state index in [4.69, 9.17) is 0 Å². The third-order valence-corrected chi connectivity index (χ3v) is 5.32. The minimum atomic E-state index is -3.53. The van der Waals surface area contributed by atoms with E-state index in [1.807, 2.05) is 27.7 Å². The molecule has 124 valence electrons. The molecule has 1 aromatic rings. The van der Waals surface area contributed by atoms with E-state index in [1.165, 1.54) is 12.1 Å². The molecule has 0 spiro atoms. The molecule has 22 heavy (non-hydrogen) atoms. The van der Waals surface area contributed by atoms with Gasteiger partial charge in [-0.05, 0) is 50.5 Å². The van der Waals surface area contributed by atoms with Crippen LogP contribution in [0.25, 0.3) is 0 Å². The van der Waals surface area contributed by atoms with E-state index in [1.54, 1.807) is 12.1 Å². The molecule has 0 saturated heterocycles. The average molecular weight is 326 g/mol. The van der Waals surface area contributed by atoms with Gasteiger partial charge in [0.1, 0.15) is 0 Å². The number of amides is 1. The molecule has 1 rings (SSSR count). The number of hydrogen-bond acceptors (Lipinski definition) is 3. The van der Waals surface area contributed by atoms with Crippen molar-refractivity contribution in [1.29, 1.82) is 0 Å². The van der Waals surface area contributed by atoms with Crippen LogP contribution in [0.3, 0.4) is 0 Å². The van der Waals surface area contributed by atoms with Crippen LogP contribution in [0.4, 0.5) is 0 Å². The molecule has 0 saturated carbocycles. The summed E-state index contributed by atoms with van der Waals surface area (Å²) in [4.78, 5) is 12.3. The molecule has 0 aromatic heterocycles. The number of nitrogens with one attached hydrogen (secondary N) is 2. The van der Waals surface area contributed by atoms with Gasteiger partial charge >= 0.3 is 0 Å². The second-order valence-electron chi connectivity index (χ2n) is 5.44. The molecule has 1 aromatic carbocycles. The van der Waals surface area contributed by atoms with Crippen molar-refractivity contribution in [2.45, 2.75) is 63.9 Å². The third kappa shape index (κ3) is 5.10. The SMILES string of the molecule is CCC(C)NS(=O)(=O)c1ccc(C(=O)NC(CC)CC)cc1. The summed E-state index contributed by atoms with van der Waals surface area (Å²) < 4.78 is 26.9. The maximum atomic E-state index is 12.1. The Kier molecular flexibility index (Phi) is 7.03. The highest BCUT2D eigenvalue weighted by Gasteiger charge is 2.17. The number of carbonyl (C=O) groups excluding carboxylic acids is 1. The molecule has 0 heterocycles. The molecular formula is C16H26N2O3S. The van der Waals surface area contributed by atoms with Crippen molar-refractivity contribution >= 4 is 15.9 Å². The normalized spacial score (nSPS) is 13.1. The highest BCUT2D eigenvalue weighted by molar-refractivity contribution is 7.89. The van der Waals surface area contributed by atoms with Crippen LogP contribution >= 0.6 is 0 Å². The number of hydrogen-bond donors (Lipinski definition) is 2. The summed E-state index contributed by atoms with van der Waals surface area (Å²) in [6.07, 6.45) is 2.45. The number of benzene rings is 1. The van der Waals surface area contributed by atoms with Crippen molar-refractivity contribution in [3.63, 3.8) is 0 Å². The average Bonchev–Trinajstić information content (AvgIpc) is 2.51. The van der Waals surface area contributed by atoms with E-state index in [-0.39, 0.29) is 22.9 Å². The predicted molar refractivity (Wildman–Crippen MR) is 88.4 cm³/mol. The highest BCUT2D eigenvalue weighted by Crippen LogP contribution is 2.12. The van der Waals surface area contributed by atoms with Crippen LogP contribution in [0.2, 0.25) is 0 Å². The Morgan fingerprint density at radius 2 is 1.59 bits per heavy atom. The Morgan fingerprint density at radius 3 is 2.05 bits per heavy atom. The lowest BCUT2D eigenvalue weighted by atomic mass is 10.1. The first kappa shape index (κ1) is 18.6. The van der Waals surface area contributed by atoms with Crippen LogP contribution in [-0.4, -0.2) is 26.4 Å². The van der Waals surface area contributed by atoms with Crippen molar-refractivity contribution < 1.29 is 13.2 Å². The fourth-order valence-corrected chi connectivity index (χ4v) is 3.29. The topological polar surface area (TPSA) is 75.3 Å². The van der Waals surface area contributed by atoms with E-state index < -0.39 is 10.0 Å². The number of sulfonamides is 1. The molecule has 0 fully saturated rings. The maximum Gasteiger partial charge on any atom is 0.251 e. The van der Waals surface area contributed by atoms with Crippen molar-refractivity contribution in [3.8, 4) is 0 Å². The number of rotatable bonds is 8.